The van der Waals surface area contributed by atoms with Gasteiger partial charge in [-0.1, -0.05) is 48.0 Å². The number of rotatable bonds is 7. The molecule has 0 saturated carbocycles. The van der Waals surface area contributed by atoms with Crippen molar-refractivity contribution in [1.29, 1.82) is 0 Å². The van der Waals surface area contributed by atoms with E-state index in [2.05, 4.69) is 21.9 Å². The van der Waals surface area contributed by atoms with Crippen molar-refractivity contribution in [3.63, 3.8) is 0 Å². The van der Waals surface area contributed by atoms with Gasteiger partial charge in [-0.25, -0.2) is 0 Å². The highest BCUT2D eigenvalue weighted by molar-refractivity contribution is 6.30. The number of allylic oxidation sites excluding steroid dienone is 1. The predicted molar refractivity (Wildman–Crippen MR) is 155 cm³/mol. The summed E-state index contributed by atoms with van der Waals surface area (Å²) in [7, 11) is 0. The van der Waals surface area contributed by atoms with E-state index in [1.165, 1.54) is 24.3 Å². The van der Waals surface area contributed by atoms with Gasteiger partial charge in [0.05, 0.1) is 0 Å². The van der Waals surface area contributed by atoms with Crippen molar-refractivity contribution < 1.29 is 27.8 Å². The maximum absolute atomic E-state index is 14.6. The average molecular weight is 602 g/mol. The smallest absolute Gasteiger partial charge is 0.429 e. The van der Waals surface area contributed by atoms with Crippen molar-refractivity contribution in [2.75, 3.05) is 30.3 Å². The summed E-state index contributed by atoms with van der Waals surface area (Å²) in [5, 5.41) is 12.7. The molecule has 2 aromatic carbocycles. The van der Waals surface area contributed by atoms with Crippen molar-refractivity contribution in [2.24, 2.45) is 5.41 Å². The molecule has 2 aliphatic rings. The molecule has 0 amide bonds. The molecule has 1 aromatic heterocycles. The van der Waals surface area contributed by atoms with E-state index in [0.717, 1.165) is 11.1 Å². The Kier molecular flexibility index (Phi) is 8.08. The lowest BCUT2D eigenvalue weighted by Gasteiger charge is -2.39. The summed E-state index contributed by atoms with van der Waals surface area (Å²) in [6.45, 7) is 7.42. The first-order valence-electron chi connectivity index (χ1n) is 13.5. The molecule has 2 fully saturated rings. The van der Waals surface area contributed by atoms with Crippen LogP contribution in [-0.4, -0.2) is 52.9 Å². The molecule has 8 nitrogen and oxygen atoms in total. The van der Waals surface area contributed by atoms with Crippen LogP contribution in [-0.2, 0) is 4.79 Å². The minimum absolute atomic E-state index is 0.133. The predicted octanol–water partition coefficient (Wildman–Crippen LogP) is 6.13. The summed E-state index contributed by atoms with van der Waals surface area (Å²) < 4.78 is 49.4. The molecule has 2 saturated heterocycles. The Bertz CT molecular complexity index is 1510. The van der Waals surface area contributed by atoms with Crippen LogP contribution in [0.2, 0.25) is 5.02 Å². The molecule has 42 heavy (non-hydrogen) atoms. The van der Waals surface area contributed by atoms with Crippen molar-refractivity contribution in [3.05, 3.63) is 71.3 Å². The Hall–Kier alpha value is -3.83. The number of piperidine rings is 1. The average Bonchev–Trinajstić information content (AvgIpc) is 3.35. The van der Waals surface area contributed by atoms with Crippen LogP contribution in [0.15, 0.2) is 55.1 Å². The second kappa shape index (κ2) is 11.4. The highest BCUT2D eigenvalue weighted by Gasteiger charge is 2.46. The Morgan fingerprint density at radius 2 is 1.95 bits per heavy atom. The molecular formula is C30H31ClF3N5O3. The molecule has 1 unspecified atom stereocenters. The van der Waals surface area contributed by atoms with E-state index in [4.69, 9.17) is 22.1 Å². The number of halogens is 4. The number of carbonyl (C=O) groups is 1. The zero-order valence-electron chi connectivity index (χ0n) is 22.9. The lowest BCUT2D eigenvalue weighted by atomic mass is 9.76. The molecule has 222 valence electrons. The van der Waals surface area contributed by atoms with E-state index in [1.807, 2.05) is 17.9 Å². The van der Waals surface area contributed by atoms with Gasteiger partial charge in [0.25, 0.3) is 0 Å². The molecule has 0 bridgehead atoms. The topological polar surface area (TPSA) is 114 Å². The fraction of sp³-hybridized carbons (Fsp3) is 0.367. The molecule has 5 rings (SSSR count). The molecular weight excluding hydrogens is 571 g/mol. The SMILES string of the molecule is C=C(C)c1cccc(-c2cc(Cl)ccc2C(Oc2cc(N3CCC4(CC3)CN[C@H](C(=O)O)C4)nc(N)n2)C(F)(F)F)c1. The number of aromatic nitrogens is 2. The number of nitrogen functional groups attached to an aromatic ring is 1. The van der Waals surface area contributed by atoms with E-state index in [0.29, 0.717) is 50.3 Å². The third-order valence-corrected chi connectivity index (χ3v) is 8.25. The standard InChI is InChI=1S/C30H31ClF3N5O3/c1-17(2)18-4-3-5-19(12-18)22-13-20(31)6-7-21(22)26(30(32,33)34)42-25-14-24(37-28(35)38-25)39-10-8-29(9-11-39)15-23(27(40)41)36-16-29/h3-7,12-14,23,26,36H,1,8-11,15-16H2,2H3,(H,40,41)(H2,35,37,38)/t23-,26?/m0/s1. The first-order valence-corrected chi connectivity index (χ1v) is 13.9. The van der Waals surface area contributed by atoms with Gasteiger partial charge in [-0.2, -0.15) is 23.1 Å². The van der Waals surface area contributed by atoms with Crippen LogP contribution in [0.1, 0.15) is 43.4 Å². The largest absolute Gasteiger partial charge is 0.480 e. The van der Waals surface area contributed by atoms with Crippen molar-refractivity contribution in [2.45, 2.75) is 44.5 Å². The molecule has 3 aromatic rings. The molecule has 2 atom stereocenters. The first-order chi connectivity index (χ1) is 19.8. The second-order valence-electron chi connectivity index (χ2n) is 11.0. The molecule has 1 spiro atoms. The molecule has 12 heteroatoms. The van der Waals surface area contributed by atoms with Gasteiger partial charge in [0, 0.05) is 36.3 Å². The maximum atomic E-state index is 14.6. The summed E-state index contributed by atoms with van der Waals surface area (Å²) in [6, 6.07) is 12.0. The van der Waals surface area contributed by atoms with Gasteiger partial charge in [0.15, 0.2) is 0 Å². The summed E-state index contributed by atoms with van der Waals surface area (Å²) in [6.07, 6.45) is -5.24. The number of benzene rings is 2. The van der Waals surface area contributed by atoms with Crippen molar-refractivity contribution >= 4 is 34.9 Å². The second-order valence-corrected chi connectivity index (χ2v) is 11.5. The number of nitrogens with one attached hydrogen (secondary N) is 1. The van der Waals surface area contributed by atoms with Gasteiger partial charge < -0.3 is 25.8 Å². The summed E-state index contributed by atoms with van der Waals surface area (Å²) in [4.78, 5) is 21.5. The number of anilines is 2. The highest BCUT2D eigenvalue weighted by atomic mass is 35.5. The number of hydrogen-bond acceptors (Lipinski definition) is 7. The number of ether oxygens (including phenoxy) is 1. The number of aliphatic carboxylic acids is 1. The lowest BCUT2D eigenvalue weighted by molar-refractivity contribution is -0.198. The zero-order valence-corrected chi connectivity index (χ0v) is 23.7. The van der Waals surface area contributed by atoms with Gasteiger partial charge in [-0.15, -0.1) is 0 Å². The van der Waals surface area contributed by atoms with Gasteiger partial charge in [0.2, 0.25) is 17.9 Å². The number of nitrogens with zero attached hydrogens (tertiary/aromatic N) is 3. The minimum Gasteiger partial charge on any atom is -0.480 e. The first kappa shape index (κ1) is 29.7. The van der Waals surface area contributed by atoms with E-state index < -0.39 is 24.3 Å². The van der Waals surface area contributed by atoms with E-state index in [9.17, 15) is 23.1 Å². The van der Waals surface area contributed by atoms with Crippen LogP contribution in [0.3, 0.4) is 0 Å². The quantitative estimate of drug-likeness (QED) is 0.296. The fourth-order valence-corrected chi connectivity index (χ4v) is 5.89. The van der Waals surface area contributed by atoms with Crippen LogP contribution in [0.5, 0.6) is 5.88 Å². The molecule has 0 radical (unpaired) electrons. The Balaban J connectivity index is 1.43. The van der Waals surface area contributed by atoms with Crippen LogP contribution in [0.4, 0.5) is 24.9 Å². The van der Waals surface area contributed by atoms with Crippen LogP contribution in [0, 0.1) is 5.41 Å². The van der Waals surface area contributed by atoms with Gasteiger partial charge >= 0.3 is 12.1 Å². The number of nitrogens with two attached hydrogens (primary N) is 1. The van der Waals surface area contributed by atoms with E-state index >= 15 is 0 Å². The molecule has 2 aliphatic heterocycles. The summed E-state index contributed by atoms with van der Waals surface area (Å²) in [5.41, 5.74) is 8.00. The Labute approximate surface area is 246 Å². The third kappa shape index (κ3) is 6.32. The van der Waals surface area contributed by atoms with E-state index in [1.54, 1.807) is 18.2 Å². The number of hydrogen-bond donors (Lipinski definition) is 3. The number of alkyl halides is 3. The molecule has 0 aliphatic carbocycles. The maximum Gasteiger partial charge on any atom is 0.429 e. The highest BCUT2D eigenvalue weighted by Crippen LogP contribution is 2.43. The van der Waals surface area contributed by atoms with Crippen LogP contribution < -0.4 is 20.7 Å². The Morgan fingerprint density at radius 1 is 1.21 bits per heavy atom. The Morgan fingerprint density at radius 3 is 2.60 bits per heavy atom. The van der Waals surface area contributed by atoms with Crippen molar-refractivity contribution in [3.8, 4) is 17.0 Å². The number of carboxylic acid groups (broad SMARTS) is 1. The fourth-order valence-electron chi connectivity index (χ4n) is 5.72. The third-order valence-electron chi connectivity index (χ3n) is 8.01. The lowest BCUT2D eigenvalue weighted by Crippen LogP contribution is -2.41. The molecule has 4 N–H and O–H groups in total. The summed E-state index contributed by atoms with van der Waals surface area (Å²) >= 11 is 6.23. The van der Waals surface area contributed by atoms with E-state index in [-0.39, 0.29) is 33.4 Å². The van der Waals surface area contributed by atoms with Crippen molar-refractivity contribution in [1.82, 2.24) is 15.3 Å². The van der Waals surface area contributed by atoms with Gasteiger partial charge in [-0.05, 0) is 66.5 Å². The van der Waals surface area contributed by atoms with Gasteiger partial charge in [0.1, 0.15) is 11.9 Å². The van der Waals surface area contributed by atoms with Crippen LogP contribution in [0.25, 0.3) is 16.7 Å². The minimum atomic E-state index is -4.80. The zero-order chi connectivity index (χ0) is 30.2. The number of carboxylic acids is 1. The summed E-state index contributed by atoms with van der Waals surface area (Å²) in [5.74, 6) is -1.06. The van der Waals surface area contributed by atoms with Crippen LogP contribution >= 0.6 is 11.6 Å². The normalized spacial score (nSPS) is 19.1. The monoisotopic (exact) mass is 601 g/mol. The van der Waals surface area contributed by atoms with Gasteiger partial charge in [-0.3, -0.25) is 4.79 Å². The molecule has 3 heterocycles.